The Morgan fingerprint density at radius 3 is 2.48 bits per heavy atom. The van der Waals surface area contributed by atoms with E-state index < -0.39 is 12.6 Å². The summed E-state index contributed by atoms with van der Waals surface area (Å²) in [5, 5.41) is 18.5. The summed E-state index contributed by atoms with van der Waals surface area (Å²) in [4.78, 5) is 10.8. The number of methoxy groups -OCH3 is 2. The van der Waals surface area contributed by atoms with Crippen molar-refractivity contribution in [1.29, 1.82) is 5.26 Å². The van der Waals surface area contributed by atoms with Crippen molar-refractivity contribution >= 4 is 49.5 Å². The first kappa shape index (κ1) is 20.8. The minimum absolute atomic E-state index is 0.328. The van der Waals surface area contributed by atoms with Crippen LogP contribution in [0.4, 0.5) is 0 Å². The molecule has 0 fully saturated rings. The Balaban J connectivity index is 2.55. The minimum atomic E-state index is -1.10. The molecule has 2 aromatic rings. The Kier molecular flexibility index (Phi) is 7.28. The third-order valence-corrected chi connectivity index (χ3v) is 4.54. The van der Waals surface area contributed by atoms with E-state index in [1.54, 1.807) is 36.4 Å². The number of ether oxygens (including phenoxy) is 3. The van der Waals surface area contributed by atoms with Crippen LogP contribution in [0.2, 0.25) is 0 Å². The Bertz CT molecular complexity index is 934. The molecule has 0 saturated carbocycles. The largest absolute Gasteiger partial charge is 0.493 e. The fourth-order valence-corrected chi connectivity index (χ4v) is 3.69. The molecule has 0 amide bonds. The van der Waals surface area contributed by atoms with Gasteiger partial charge < -0.3 is 19.3 Å². The zero-order chi connectivity index (χ0) is 20.0. The molecule has 0 aliphatic carbocycles. The lowest BCUT2D eigenvalue weighted by Gasteiger charge is -2.12. The topological polar surface area (TPSA) is 88.8 Å². The van der Waals surface area contributed by atoms with Crippen LogP contribution < -0.4 is 14.2 Å². The summed E-state index contributed by atoms with van der Waals surface area (Å²) in [7, 11) is 3.05. The van der Waals surface area contributed by atoms with Crippen molar-refractivity contribution in [2.75, 3.05) is 20.8 Å². The van der Waals surface area contributed by atoms with Gasteiger partial charge in [-0.05, 0) is 57.9 Å². The first-order valence-corrected chi connectivity index (χ1v) is 9.16. The lowest BCUT2D eigenvalue weighted by atomic mass is 10.0. The highest BCUT2D eigenvalue weighted by Gasteiger charge is 2.13. The first-order chi connectivity index (χ1) is 12.9. The molecule has 0 heterocycles. The molecular formula is C19H15Br2NO5. The van der Waals surface area contributed by atoms with Gasteiger partial charge in [0.1, 0.15) is 5.75 Å². The molecule has 0 spiro atoms. The van der Waals surface area contributed by atoms with Crippen LogP contribution in [-0.2, 0) is 4.79 Å². The molecule has 27 heavy (non-hydrogen) atoms. The number of aliphatic carboxylic acids is 1. The van der Waals surface area contributed by atoms with E-state index in [0.717, 1.165) is 4.47 Å². The van der Waals surface area contributed by atoms with Crippen molar-refractivity contribution in [1.82, 2.24) is 0 Å². The molecule has 0 aliphatic rings. The van der Waals surface area contributed by atoms with Crippen LogP contribution in [-0.4, -0.2) is 31.9 Å². The van der Waals surface area contributed by atoms with E-state index in [-0.39, 0.29) is 0 Å². The van der Waals surface area contributed by atoms with Gasteiger partial charge in [0.05, 0.1) is 30.3 Å². The number of halogens is 2. The summed E-state index contributed by atoms with van der Waals surface area (Å²) in [6, 6.07) is 10.8. The third kappa shape index (κ3) is 5.25. The normalized spacial score (nSPS) is 10.9. The highest BCUT2D eigenvalue weighted by molar-refractivity contribution is 9.11. The molecule has 1 N–H and O–H groups in total. The Morgan fingerprint density at radius 1 is 1.19 bits per heavy atom. The minimum Gasteiger partial charge on any atom is -0.493 e. The van der Waals surface area contributed by atoms with Crippen molar-refractivity contribution in [3.63, 3.8) is 0 Å². The van der Waals surface area contributed by atoms with Gasteiger partial charge in [-0.2, -0.15) is 5.26 Å². The van der Waals surface area contributed by atoms with E-state index >= 15 is 0 Å². The highest BCUT2D eigenvalue weighted by Crippen LogP contribution is 2.36. The van der Waals surface area contributed by atoms with Gasteiger partial charge in [-0.1, -0.05) is 15.9 Å². The number of carboxylic acids is 1. The van der Waals surface area contributed by atoms with Gasteiger partial charge in [0, 0.05) is 10.0 Å². The van der Waals surface area contributed by atoms with Crippen molar-refractivity contribution in [2.24, 2.45) is 0 Å². The summed E-state index contributed by atoms with van der Waals surface area (Å²) < 4.78 is 17.2. The van der Waals surface area contributed by atoms with E-state index in [2.05, 4.69) is 37.9 Å². The Morgan fingerprint density at radius 2 is 1.89 bits per heavy atom. The summed E-state index contributed by atoms with van der Waals surface area (Å²) in [5.74, 6) is 0.275. The lowest BCUT2D eigenvalue weighted by Crippen LogP contribution is -2.10. The van der Waals surface area contributed by atoms with Crippen molar-refractivity contribution in [3.8, 4) is 23.3 Å². The molecule has 2 aromatic carbocycles. The molecule has 0 unspecified atom stereocenters. The maximum atomic E-state index is 10.8. The quantitative estimate of drug-likeness (QED) is 0.439. The first-order valence-electron chi connectivity index (χ1n) is 7.57. The number of hydrogen-bond donors (Lipinski definition) is 1. The monoisotopic (exact) mass is 495 g/mol. The average molecular weight is 497 g/mol. The molecule has 8 heteroatoms. The van der Waals surface area contributed by atoms with Crippen LogP contribution in [0.15, 0.2) is 39.3 Å². The van der Waals surface area contributed by atoms with E-state index in [4.69, 9.17) is 19.3 Å². The molecule has 0 aromatic heterocycles. The predicted molar refractivity (Wildman–Crippen MR) is 108 cm³/mol. The zero-order valence-electron chi connectivity index (χ0n) is 14.5. The Labute approximate surface area is 173 Å². The lowest BCUT2D eigenvalue weighted by molar-refractivity contribution is -0.139. The summed E-state index contributed by atoms with van der Waals surface area (Å²) >= 11 is 6.75. The van der Waals surface area contributed by atoms with Gasteiger partial charge in [-0.15, -0.1) is 0 Å². The second kappa shape index (κ2) is 9.44. The van der Waals surface area contributed by atoms with Gasteiger partial charge in [-0.25, -0.2) is 4.79 Å². The van der Waals surface area contributed by atoms with Crippen LogP contribution in [0.5, 0.6) is 17.2 Å². The van der Waals surface area contributed by atoms with E-state index in [9.17, 15) is 10.1 Å². The zero-order valence-corrected chi connectivity index (χ0v) is 17.6. The van der Waals surface area contributed by atoms with Crippen LogP contribution in [0.1, 0.15) is 11.1 Å². The molecule has 6 nitrogen and oxygen atoms in total. The molecule has 140 valence electrons. The van der Waals surface area contributed by atoms with Crippen LogP contribution >= 0.6 is 31.9 Å². The average Bonchev–Trinajstić information content (AvgIpc) is 2.64. The number of carboxylic acid groups (broad SMARTS) is 1. The molecule has 0 bridgehead atoms. The van der Waals surface area contributed by atoms with Crippen LogP contribution in [0, 0.1) is 11.3 Å². The van der Waals surface area contributed by atoms with Crippen molar-refractivity contribution in [3.05, 3.63) is 50.4 Å². The summed E-state index contributed by atoms with van der Waals surface area (Å²) in [6.07, 6.45) is 1.62. The summed E-state index contributed by atoms with van der Waals surface area (Å²) in [6.45, 7) is -0.501. The molecular weight excluding hydrogens is 482 g/mol. The SMILES string of the molecule is COc1ccc(/C(C#N)=C/c2cc(Br)cc(Br)c2OCC(=O)O)cc1OC. The smallest absolute Gasteiger partial charge is 0.341 e. The molecule has 2 rings (SSSR count). The number of hydrogen-bond acceptors (Lipinski definition) is 5. The molecule has 0 saturated heterocycles. The number of allylic oxidation sites excluding steroid dienone is 1. The molecule has 0 aliphatic heterocycles. The van der Waals surface area contributed by atoms with Crippen LogP contribution in [0.25, 0.3) is 11.6 Å². The number of nitrogens with zero attached hydrogens (tertiary/aromatic N) is 1. The second-order valence-electron chi connectivity index (χ2n) is 5.23. The predicted octanol–water partition coefficient (Wildman–Crippen LogP) is 4.76. The number of nitriles is 1. The Hall–Kier alpha value is -2.50. The second-order valence-corrected chi connectivity index (χ2v) is 7.00. The number of carbonyl (C=O) groups is 1. The molecule has 0 radical (unpaired) electrons. The molecule has 0 atom stereocenters. The van der Waals surface area contributed by atoms with Crippen LogP contribution in [0.3, 0.4) is 0 Å². The van der Waals surface area contributed by atoms with Gasteiger partial charge in [-0.3, -0.25) is 0 Å². The van der Waals surface area contributed by atoms with E-state index in [1.165, 1.54) is 14.2 Å². The van der Waals surface area contributed by atoms with E-state index in [1.807, 2.05) is 0 Å². The van der Waals surface area contributed by atoms with Crippen molar-refractivity contribution < 1.29 is 24.1 Å². The fraction of sp³-hybridized carbons (Fsp3) is 0.158. The maximum absolute atomic E-state index is 10.8. The fourth-order valence-electron chi connectivity index (χ4n) is 2.31. The van der Waals surface area contributed by atoms with Gasteiger partial charge in [0.2, 0.25) is 0 Å². The summed E-state index contributed by atoms with van der Waals surface area (Å²) in [5.41, 5.74) is 1.51. The van der Waals surface area contributed by atoms with E-state index in [0.29, 0.717) is 38.4 Å². The third-order valence-electron chi connectivity index (χ3n) is 3.49. The standard InChI is InChI=1S/C19H15Br2NO5/c1-25-16-4-3-11(7-17(16)26-2)13(9-22)5-12-6-14(20)8-15(21)19(12)27-10-18(23)24/h3-8H,10H2,1-2H3,(H,23,24)/b13-5+. The van der Waals surface area contributed by atoms with Crippen molar-refractivity contribution in [2.45, 2.75) is 0 Å². The van der Waals surface area contributed by atoms with Gasteiger partial charge in [0.25, 0.3) is 0 Å². The maximum Gasteiger partial charge on any atom is 0.341 e. The van der Waals surface area contributed by atoms with Gasteiger partial charge in [0.15, 0.2) is 18.1 Å². The number of rotatable bonds is 7. The highest BCUT2D eigenvalue weighted by atomic mass is 79.9. The van der Waals surface area contributed by atoms with Gasteiger partial charge >= 0.3 is 5.97 Å². The number of benzene rings is 2.